The number of anilines is 1. The van der Waals surface area contributed by atoms with Crippen molar-refractivity contribution in [2.45, 2.75) is 83.2 Å². The van der Waals surface area contributed by atoms with E-state index in [1.807, 2.05) is 45.0 Å². The smallest absolute Gasteiger partial charge is 0.410 e. The van der Waals surface area contributed by atoms with Crippen molar-refractivity contribution >= 4 is 38.7 Å². The van der Waals surface area contributed by atoms with Gasteiger partial charge in [-0.05, 0) is 119 Å². The first-order chi connectivity index (χ1) is 32.7. The molecule has 4 aromatic carbocycles. The van der Waals surface area contributed by atoms with Crippen LogP contribution in [0.4, 0.5) is 19.3 Å². The fourth-order valence-electron chi connectivity index (χ4n) is 8.72. The van der Waals surface area contributed by atoms with E-state index in [2.05, 4.69) is 25.1 Å². The Morgan fingerprint density at radius 2 is 1.49 bits per heavy atom. The highest BCUT2D eigenvalue weighted by Gasteiger charge is 2.30. The van der Waals surface area contributed by atoms with Crippen molar-refractivity contribution in [1.29, 1.82) is 0 Å². The normalized spacial score (nSPS) is 15.7. The number of aliphatic hydroxyl groups is 1. The highest BCUT2D eigenvalue weighted by Crippen LogP contribution is 2.38. The van der Waals surface area contributed by atoms with Gasteiger partial charge in [0.2, 0.25) is 0 Å². The lowest BCUT2D eigenvalue weighted by atomic mass is 9.96. The van der Waals surface area contributed by atoms with Crippen LogP contribution in [0.1, 0.15) is 74.5 Å². The molecule has 2 aliphatic heterocycles. The van der Waals surface area contributed by atoms with Crippen LogP contribution in [0.2, 0.25) is 0 Å². The molecule has 0 aliphatic carbocycles. The van der Waals surface area contributed by atoms with Gasteiger partial charge < -0.3 is 29.7 Å². The summed E-state index contributed by atoms with van der Waals surface area (Å²) in [6.45, 7) is 17.4. The number of rotatable bonds is 13. The molecule has 2 amide bonds. The third-order valence-electron chi connectivity index (χ3n) is 12.7. The molecule has 2 N–H and O–H groups in total. The number of nitrogens with one attached hydrogen (secondary N) is 1. The van der Waals surface area contributed by atoms with Gasteiger partial charge in [0.1, 0.15) is 23.6 Å². The van der Waals surface area contributed by atoms with Crippen LogP contribution in [-0.2, 0) is 31.7 Å². The molecule has 2 saturated heterocycles. The van der Waals surface area contributed by atoms with Gasteiger partial charge in [-0.2, -0.15) is 0 Å². The number of hydrogen-bond donors (Lipinski definition) is 2. The predicted molar refractivity (Wildman–Crippen MR) is 260 cm³/mol. The number of aromatic nitrogens is 3. The SMILES string of the molecule is Cc1c(NC(=O)c2ccc(C(C)(C)O)cc2F)cc(F)cc1-c1ncnc2c1cc(-c1ccc(COC3CCN(CCN4CCN(C(=O)OC(C)(C)C)CC4)CC3)cc1)n2S(=O)(=O)c1ccccc1. The monoisotopic (exact) mass is 963 g/mol. The molecule has 2 aliphatic rings. The molecule has 0 radical (unpaired) electrons. The number of fused-ring (bicyclic) bond motifs is 1. The summed E-state index contributed by atoms with van der Waals surface area (Å²) in [5, 5.41) is 13.3. The third kappa shape index (κ3) is 11.3. The number of piperazine rings is 1. The molecule has 0 atom stereocenters. The Hall–Kier alpha value is -6.11. The summed E-state index contributed by atoms with van der Waals surface area (Å²) in [4.78, 5) is 41.5. The van der Waals surface area contributed by atoms with Crippen molar-refractivity contribution in [2.24, 2.45) is 0 Å². The van der Waals surface area contributed by atoms with Gasteiger partial charge in [-0.25, -0.2) is 35.9 Å². The van der Waals surface area contributed by atoms with E-state index in [4.69, 9.17) is 9.47 Å². The second-order valence-corrected chi connectivity index (χ2v) is 21.0. The summed E-state index contributed by atoms with van der Waals surface area (Å²) in [5.74, 6) is -2.42. The van der Waals surface area contributed by atoms with Gasteiger partial charge in [0, 0.05) is 69.0 Å². The lowest BCUT2D eigenvalue weighted by molar-refractivity contribution is -0.00562. The van der Waals surface area contributed by atoms with Gasteiger partial charge >= 0.3 is 6.09 Å². The summed E-state index contributed by atoms with van der Waals surface area (Å²) >= 11 is 0. The fraction of sp³-hybridized carbons (Fsp3) is 0.385. The first-order valence-corrected chi connectivity index (χ1v) is 24.6. The minimum absolute atomic E-state index is 0.0351. The van der Waals surface area contributed by atoms with E-state index in [9.17, 15) is 23.1 Å². The van der Waals surface area contributed by atoms with Crippen molar-refractivity contribution in [3.8, 4) is 22.5 Å². The van der Waals surface area contributed by atoms with Crippen molar-refractivity contribution < 1.29 is 41.4 Å². The fourth-order valence-corrected chi connectivity index (χ4v) is 10.2. The molecular weight excluding hydrogens is 905 g/mol. The Morgan fingerprint density at radius 1 is 0.826 bits per heavy atom. The van der Waals surface area contributed by atoms with Crippen molar-refractivity contribution in [3.63, 3.8) is 0 Å². The average molecular weight is 964 g/mol. The van der Waals surface area contributed by atoms with Crippen LogP contribution in [-0.4, -0.2) is 118 Å². The van der Waals surface area contributed by atoms with E-state index < -0.39 is 38.8 Å². The molecule has 2 aromatic heterocycles. The summed E-state index contributed by atoms with van der Waals surface area (Å²) < 4.78 is 72.9. The number of piperidine rings is 1. The van der Waals surface area contributed by atoms with E-state index >= 15 is 8.78 Å². The lowest BCUT2D eigenvalue weighted by Gasteiger charge is -2.37. The van der Waals surface area contributed by atoms with Crippen molar-refractivity contribution in [3.05, 3.63) is 131 Å². The maximum atomic E-state index is 15.5. The van der Waals surface area contributed by atoms with Crippen LogP contribution >= 0.6 is 0 Å². The van der Waals surface area contributed by atoms with Crippen LogP contribution < -0.4 is 5.32 Å². The zero-order chi connectivity index (χ0) is 49.3. The summed E-state index contributed by atoms with van der Waals surface area (Å²) in [6.07, 6.45) is 2.86. The molecule has 0 saturated carbocycles. The lowest BCUT2D eigenvalue weighted by Crippen LogP contribution is -2.51. The average Bonchev–Trinajstić information content (AvgIpc) is 3.72. The second kappa shape index (κ2) is 20.1. The summed E-state index contributed by atoms with van der Waals surface area (Å²) in [7, 11) is -4.26. The van der Waals surface area contributed by atoms with Crippen LogP contribution in [0.15, 0.2) is 102 Å². The van der Waals surface area contributed by atoms with E-state index in [0.29, 0.717) is 41.9 Å². The largest absolute Gasteiger partial charge is 0.444 e. The number of amides is 2. The molecule has 4 heterocycles. The summed E-state index contributed by atoms with van der Waals surface area (Å²) in [5.41, 5.74) is 0.883. The van der Waals surface area contributed by atoms with Gasteiger partial charge in [0.15, 0.2) is 5.65 Å². The number of halogens is 2. The number of likely N-dealkylation sites (tertiary alicyclic amines) is 1. The molecule has 17 heteroatoms. The molecule has 0 unspecified atom stereocenters. The maximum Gasteiger partial charge on any atom is 0.410 e. The first-order valence-electron chi connectivity index (χ1n) is 23.2. The Bertz CT molecular complexity index is 2940. The van der Waals surface area contributed by atoms with Crippen molar-refractivity contribution in [2.75, 3.05) is 57.7 Å². The quantitative estimate of drug-likeness (QED) is 0.114. The van der Waals surface area contributed by atoms with E-state index in [1.165, 1.54) is 54.5 Å². The van der Waals surface area contributed by atoms with E-state index in [0.717, 1.165) is 69.8 Å². The molecule has 364 valence electrons. The standard InChI is InChI=1S/C52H59F2N7O7S/c1-34-42(29-38(53)30-45(34)57-49(62)41-17-16-37(28-44(41)54)52(5,6)64)47-43-31-46(61(48(43)56-33-55-47)69(65,66)40-10-8-7-9-11-40)36-14-12-35(13-15-36)32-67-39-18-20-58(21-19-39)22-23-59-24-26-60(27-25-59)50(63)68-51(2,3)4/h7-17,28-31,33,39,64H,18-27,32H2,1-6H3,(H,57,62). The Kier molecular flexibility index (Phi) is 14.4. The van der Waals surface area contributed by atoms with Gasteiger partial charge in [-0.15, -0.1) is 0 Å². The number of nitrogens with zero attached hydrogens (tertiary/aromatic N) is 6. The van der Waals surface area contributed by atoms with E-state index in [1.54, 1.807) is 36.1 Å². The van der Waals surface area contributed by atoms with Gasteiger partial charge in [0.05, 0.1) is 40.2 Å². The van der Waals surface area contributed by atoms with Gasteiger partial charge in [-0.3, -0.25) is 9.69 Å². The molecule has 0 spiro atoms. The zero-order valence-electron chi connectivity index (χ0n) is 39.8. The minimum Gasteiger partial charge on any atom is -0.444 e. The Labute approximate surface area is 401 Å². The van der Waals surface area contributed by atoms with Crippen LogP contribution in [0.25, 0.3) is 33.5 Å². The Morgan fingerprint density at radius 3 is 2.13 bits per heavy atom. The Balaban J connectivity index is 0.975. The number of ether oxygens (including phenoxy) is 2. The highest BCUT2D eigenvalue weighted by atomic mass is 32.2. The van der Waals surface area contributed by atoms with Crippen LogP contribution in [0.3, 0.4) is 0 Å². The zero-order valence-corrected chi connectivity index (χ0v) is 40.7. The molecule has 0 bridgehead atoms. The number of hydrogen-bond acceptors (Lipinski definition) is 11. The highest BCUT2D eigenvalue weighted by molar-refractivity contribution is 7.90. The number of carbonyl (C=O) groups excluding carboxylic acids is 2. The van der Waals surface area contributed by atoms with Gasteiger partial charge in [-0.1, -0.05) is 48.5 Å². The number of carbonyl (C=O) groups is 2. The third-order valence-corrected chi connectivity index (χ3v) is 14.4. The summed E-state index contributed by atoms with van der Waals surface area (Å²) in [6, 6.07) is 23.3. The van der Waals surface area contributed by atoms with Crippen LogP contribution in [0.5, 0.6) is 0 Å². The predicted octanol–water partition coefficient (Wildman–Crippen LogP) is 8.60. The molecular formula is C52H59F2N7O7S. The molecule has 2 fully saturated rings. The molecule has 69 heavy (non-hydrogen) atoms. The topological polar surface area (TPSA) is 159 Å². The van der Waals surface area contributed by atoms with Crippen molar-refractivity contribution in [1.82, 2.24) is 28.6 Å². The molecule has 14 nitrogen and oxygen atoms in total. The molecule has 8 rings (SSSR count). The first kappa shape index (κ1) is 49.3. The maximum absolute atomic E-state index is 15.5. The second-order valence-electron chi connectivity index (χ2n) is 19.3. The van der Waals surface area contributed by atoms with Gasteiger partial charge in [0.25, 0.3) is 15.9 Å². The minimum atomic E-state index is -4.26. The van der Waals surface area contributed by atoms with Crippen LogP contribution in [0, 0.1) is 18.6 Å². The molecule has 6 aromatic rings. The number of benzene rings is 4. The van der Waals surface area contributed by atoms with E-state index in [-0.39, 0.29) is 50.8 Å².